The van der Waals surface area contributed by atoms with Gasteiger partial charge in [0, 0.05) is 36.2 Å². The molecule has 4 heteroatoms. The monoisotopic (exact) mass is 414 g/mol. The summed E-state index contributed by atoms with van der Waals surface area (Å²) in [4.78, 5) is 5.04. The molecule has 1 N–H and O–H groups in total. The van der Waals surface area contributed by atoms with Crippen LogP contribution in [-0.4, -0.2) is 46.6 Å². The van der Waals surface area contributed by atoms with E-state index in [9.17, 15) is 5.11 Å². The zero-order valence-corrected chi connectivity index (χ0v) is 17.1. The summed E-state index contributed by atoms with van der Waals surface area (Å²) in [5, 5.41) is 10.0. The fraction of sp³-hybridized carbons (Fsp3) is 0.364. The minimum Gasteiger partial charge on any atom is -0.508 e. The van der Waals surface area contributed by atoms with E-state index in [-0.39, 0.29) is 6.04 Å². The normalized spacial score (nSPS) is 22.9. The number of halogens is 1. The fourth-order valence-electron chi connectivity index (χ4n) is 3.95. The zero-order chi connectivity index (χ0) is 18.7. The Morgan fingerprint density at radius 3 is 2.46 bits per heavy atom. The fourth-order valence-corrected chi connectivity index (χ4v) is 4.37. The van der Waals surface area contributed by atoms with Gasteiger partial charge in [0.25, 0.3) is 0 Å². The average Bonchev–Trinajstić information content (AvgIpc) is 2.60. The lowest BCUT2D eigenvalue weighted by molar-refractivity contribution is 0.0306. The third-order valence-electron chi connectivity index (χ3n) is 5.21. The SMILES string of the molecule is C=CCN1CC(C)N(C(c2cccc(O)c2)c2cccc(Br)c2)CC1C. The number of rotatable bonds is 5. The van der Waals surface area contributed by atoms with Gasteiger partial charge in [0.2, 0.25) is 0 Å². The van der Waals surface area contributed by atoms with Crippen LogP contribution in [0, 0.1) is 0 Å². The van der Waals surface area contributed by atoms with Gasteiger partial charge in [0.05, 0.1) is 6.04 Å². The Balaban J connectivity index is 1.99. The number of hydrogen-bond donors (Lipinski definition) is 1. The van der Waals surface area contributed by atoms with Crippen LogP contribution in [0.25, 0.3) is 0 Å². The number of benzene rings is 2. The van der Waals surface area contributed by atoms with Gasteiger partial charge in [-0.05, 0) is 49.2 Å². The number of hydrogen-bond acceptors (Lipinski definition) is 3. The number of nitrogens with zero attached hydrogens (tertiary/aromatic N) is 2. The van der Waals surface area contributed by atoms with E-state index in [0.717, 1.165) is 29.7 Å². The van der Waals surface area contributed by atoms with Gasteiger partial charge in [-0.3, -0.25) is 9.80 Å². The van der Waals surface area contributed by atoms with E-state index < -0.39 is 0 Å². The predicted molar refractivity (Wildman–Crippen MR) is 111 cm³/mol. The number of phenols is 1. The summed E-state index contributed by atoms with van der Waals surface area (Å²) in [6, 6.07) is 17.1. The largest absolute Gasteiger partial charge is 0.508 e. The minimum absolute atomic E-state index is 0.114. The number of aromatic hydroxyl groups is 1. The molecule has 138 valence electrons. The maximum absolute atomic E-state index is 10.0. The molecule has 0 radical (unpaired) electrons. The van der Waals surface area contributed by atoms with Crippen LogP contribution in [0.3, 0.4) is 0 Å². The van der Waals surface area contributed by atoms with Crippen LogP contribution >= 0.6 is 15.9 Å². The van der Waals surface area contributed by atoms with Crippen molar-refractivity contribution in [3.8, 4) is 5.75 Å². The molecule has 2 aromatic rings. The lowest BCUT2D eigenvalue weighted by Crippen LogP contribution is -2.57. The third-order valence-corrected chi connectivity index (χ3v) is 5.70. The van der Waals surface area contributed by atoms with Crippen molar-refractivity contribution in [2.24, 2.45) is 0 Å². The van der Waals surface area contributed by atoms with Gasteiger partial charge in [0.15, 0.2) is 0 Å². The summed E-state index contributed by atoms with van der Waals surface area (Å²) in [5.74, 6) is 0.313. The highest BCUT2D eigenvalue weighted by Crippen LogP contribution is 2.35. The Kier molecular flexibility index (Phi) is 6.17. The highest BCUT2D eigenvalue weighted by molar-refractivity contribution is 9.10. The van der Waals surface area contributed by atoms with E-state index in [1.165, 1.54) is 5.56 Å². The van der Waals surface area contributed by atoms with E-state index in [1.807, 2.05) is 18.2 Å². The van der Waals surface area contributed by atoms with E-state index in [0.29, 0.717) is 17.8 Å². The number of piperazine rings is 1. The van der Waals surface area contributed by atoms with Crippen molar-refractivity contribution in [1.29, 1.82) is 0 Å². The standard InChI is InChI=1S/C22H27BrN2O/c1-4-11-24-14-17(3)25(15-16(24)2)22(18-7-5-9-20(23)12-18)19-8-6-10-21(26)13-19/h4-10,12-13,16-17,22,26H,1,11,14-15H2,2-3H3. The molecule has 1 saturated heterocycles. The molecule has 0 saturated carbocycles. The van der Waals surface area contributed by atoms with Gasteiger partial charge in [0.1, 0.15) is 5.75 Å². The summed E-state index contributed by atoms with van der Waals surface area (Å²) in [7, 11) is 0. The second-order valence-electron chi connectivity index (χ2n) is 7.19. The second kappa shape index (κ2) is 8.38. The van der Waals surface area contributed by atoms with Gasteiger partial charge >= 0.3 is 0 Å². The Labute approximate surface area is 165 Å². The third kappa shape index (κ3) is 4.20. The topological polar surface area (TPSA) is 26.7 Å². The molecule has 26 heavy (non-hydrogen) atoms. The smallest absolute Gasteiger partial charge is 0.115 e. The highest BCUT2D eigenvalue weighted by Gasteiger charge is 2.34. The summed E-state index contributed by atoms with van der Waals surface area (Å²) >= 11 is 3.61. The Morgan fingerprint density at radius 2 is 1.81 bits per heavy atom. The molecular formula is C22H27BrN2O. The van der Waals surface area contributed by atoms with Crippen LogP contribution in [-0.2, 0) is 0 Å². The lowest BCUT2D eigenvalue weighted by atomic mass is 9.93. The van der Waals surface area contributed by atoms with Gasteiger partial charge in [-0.25, -0.2) is 0 Å². The van der Waals surface area contributed by atoms with Crippen LogP contribution in [0.4, 0.5) is 0 Å². The minimum atomic E-state index is 0.114. The van der Waals surface area contributed by atoms with Crippen molar-refractivity contribution < 1.29 is 5.11 Å². The van der Waals surface area contributed by atoms with Gasteiger partial charge in [-0.2, -0.15) is 0 Å². The number of phenolic OH excluding ortho intramolecular Hbond substituents is 1. The first kappa shape index (κ1) is 19.2. The van der Waals surface area contributed by atoms with Crippen molar-refractivity contribution in [2.45, 2.75) is 32.0 Å². The zero-order valence-electron chi connectivity index (χ0n) is 15.5. The maximum atomic E-state index is 10.0. The molecule has 3 unspecified atom stereocenters. The first-order valence-electron chi connectivity index (χ1n) is 9.14. The predicted octanol–water partition coefficient (Wildman–Crippen LogP) is 4.82. The first-order chi connectivity index (χ1) is 12.5. The van der Waals surface area contributed by atoms with Gasteiger partial charge in [-0.15, -0.1) is 6.58 Å². The maximum Gasteiger partial charge on any atom is 0.115 e. The summed E-state index contributed by atoms with van der Waals surface area (Å²) in [6.07, 6.45) is 1.99. The van der Waals surface area contributed by atoms with Crippen molar-refractivity contribution in [2.75, 3.05) is 19.6 Å². The molecule has 0 aliphatic carbocycles. The van der Waals surface area contributed by atoms with E-state index in [1.54, 1.807) is 6.07 Å². The van der Waals surface area contributed by atoms with Crippen LogP contribution in [0.2, 0.25) is 0 Å². The Hall–Kier alpha value is -1.62. The van der Waals surface area contributed by atoms with Crippen molar-refractivity contribution in [3.63, 3.8) is 0 Å². The van der Waals surface area contributed by atoms with E-state index >= 15 is 0 Å². The van der Waals surface area contributed by atoms with E-state index in [4.69, 9.17) is 0 Å². The first-order valence-corrected chi connectivity index (χ1v) is 9.94. The highest BCUT2D eigenvalue weighted by atomic mass is 79.9. The summed E-state index contributed by atoms with van der Waals surface area (Å²) in [6.45, 7) is 11.4. The molecular weight excluding hydrogens is 388 g/mol. The van der Waals surface area contributed by atoms with Crippen LogP contribution in [0.1, 0.15) is 31.0 Å². The van der Waals surface area contributed by atoms with Crippen LogP contribution in [0.5, 0.6) is 5.75 Å². The van der Waals surface area contributed by atoms with Crippen molar-refractivity contribution in [3.05, 3.63) is 76.8 Å². The van der Waals surface area contributed by atoms with Gasteiger partial charge < -0.3 is 5.11 Å². The summed E-state index contributed by atoms with van der Waals surface area (Å²) in [5.41, 5.74) is 2.36. The van der Waals surface area contributed by atoms with E-state index in [2.05, 4.69) is 76.5 Å². The van der Waals surface area contributed by atoms with Crippen molar-refractivity contribution in [1.82, 2.24) is 9.80 Å². The summed E-state index contributed by atoms with van der Waals surface area (Å²) < 4.78 is 1.08. The molecule has 3 nitrogen and oxygen atoms in total. The quantitative estimate of drug-likeness (QED) is 0.709. The molecule has 3 rings (SSSR count). The molecule has 2 aromatic carbocycles. The molecule has 1 heterocycles. The lowest BCUT2D eigenvalue weighted by Gasteiger charge is -2.47. The van der Waals surface area contributed by atoms with Crippen LogP contribution in [0.15, 0.2) is 65.7 Å². The Morgan fingerprint density at radius 1 is 1.12 bits per heavy atom. The molecule has 0 bridgehead atoms. The molecule has 3 atom stereocenters. The van der Waals surface area contributed by atoms with Gasteiger partial charge in [-0.1, -0.05) is 46.3 Å². The molecule has 1 fully saturated rings. The van der Waals surface area contributed by atoms with Crippen molar-refractivity contribution >= 4 is 15.9 Å². The average molecular weight is 415 g/mol. The molecule has 1 aliphatic heterocycles. The molecule has 1 aliphatic rings. The Bertz CT molecular complexity index is 718. The molecule has 0 aromatic heterocycles. The van der Waals surface area contributed by atoms with Crippen LogP contribution < -0.4 is 0 Å². The molecule has 0 spiro atoms. The molecule has 0 amide bonds. The second-order valence-corrected chi connectivity index (χ2v) is 8.11.